The molecule has 0 spiro atoms. The van der Waals surface area contributed by atoms with E-state index in [2.05, 4.69) is 5.10 Å². The molecule has 0 saturated carbocycles. The fraction of sp³-hybridized carbons (Fsp3) is 0.308. The Bertz CT molecular complexity index is 596. The van der Waals surface area contributed by atoms with Gasteiger partial charge in [0.2, 0.25) is 5.91 Å². The van der Waals surface area contributed by atoms with Crippen molar-refractivity contribution in [2.45, 2.75) is 13.0 Å². The van der Waals surface area contributed by atoms with E-state index in [1.807, 2.05) is 30.3 Å². The quantitative estimate of drug-likeness (QED) is 0.814. The van der Waals surface area contributed by atoms with E-state index in [-0.39, 0.29) is 12.5 Å². The van der Waals surface area contributed by atoms with Gasteiger partial charge < -0.3 is 4.90 Å². The highest BCUT2D eigenvalue weighted by Crippen LogP contribution is 2.12. The van der Waals surface area contributed by atoms with E-state index in [0.29, 0.717) is 13.0 Å². The summed E-state index contributed by atoms with van der Waals surface area (Å²) in [7, 11) is 1.70. The van der Waals surface area contributed by atoms with Crippen LogP contribution in [0.4, 0.5) is 0 Å². The van der Waals surface area contributed by atoms with Gasteiger partial charge in [-0.05, 0) is 6.07 Å². The van der Waals surface area contributed by atoms with Crippen LogP contribution in [0.5, 0.6) is 0 Å². The summed E-state index contributed by atoms with van der Waals surface area (Å²) >= 11 is 0. The van der Waals surface area contributed by atoms with Gasteiger partial charge in [0.1, 0.15) is 6.54 Å². The van der Waals surface area contributed by atoms with Gasteiger partial charge in [-0.1, -0.05) is 18.2 Å². The Morgan fingerprint density at radius 3 is 3.06 bits per heavy atom. The number of benzene rings is 1. The smallest absolute Gasteiger partial charge is 0.244 e. The van der Waals surface area contributed by atoms with Crippen LogP contribution in [0.3, 0.4) is 0 Å². The van der Waals surface area contributed by atoms with E-state index in [1.165, 1.54) is 0 Å². The van der Waals surface area contributed by atoms with Crippen LogP contribution < -0.4 is 0 Å². The van der Waals surface area contributed by atoms with Crippen molar-refractivity contribution in [3.63, 3.8) is 0 Å². The molecule has 0 aliphatic heterocycles. The van der Waals surface area contributed by atoms with Crippen LogP contribution in [-0.2, 0) is 11.3 Å². The van der Waals surface area contributed by atoms with Crippen LogP contribution in [-0.4, -0.2) is 34.2 Å². The van der Waals surface area contributed by atoms with E-state index in [0.717, 1.165) is 10.9 Å². The highest BCUT2D eigenvalue weighted by molar-refractivity contribution is 5.81. The molecular weight excluding hydrogens is 228 g/mol. The van der Waals surface area contributed by atoms with Gasteiger partial charge in [-0.15, -0.1) is 0 Å². The summed E-state index contributed by atoms with van der Waals surface area (Å²) in [5, 5.41) is 13.7. The van der Waals surface area contributed by atoms with Gasteiger partial charge in [-0.3, -0.25) is 9.48 Å². The average molecular weight is 242 g/mol. The molecule has 0 aliphatic rings. The molecule has 0 saturated heterocycles. The first-order valence-corrected chi connectivity index (χ1v) is 5.74. The fourth-order valence-electron chi connectivity index (χ4n) is 1.74. The number of hydrogen-bond acceptors (Lipinski definition) is 3. The first-order chi connectivity index (χ1) is 8.72. The van der Waals surface area contributed by atoms with E-state index in [9.17, 15) is 4.79 Å². The maximum atomic E-state index is 11.9. The molecule has 5 heteroatoms. The molecule has 2 rings (SSSR count). The zero-order chi connectivity index (χ0) is 13.0. The Morgan fingerprint density at radius 1 is 1.50 bits per heavy atom. The summed E-state index contributed by atoms with van der Waals surface area (Å²) in [6.45, 7) is 0.657. The van der Waals surface area contributed by atoms with Crippen molar-refractivity contribution in [3.8, 4) is 6.07 Å². The lowest BCUT2D eigenvalue weighted by Crippen LogP contribution is -2.31. The van der Waals surface area contributed by atoms with Gasteiger partial charge in [-0.2, -0.15) is 10.4 Å². The van der Waals surface area contributed by atoms with Crippen molar-refractivity contribution in [3.05, 3.63) is 30.5 Å². The molecule has 5 nitrogen and oxygen atoms in total. The van der Waals surface area contributed by atoms with Crippen molar-refractivity contribution in [1.29, 1.82) is 5.26 Å². The molecule has 1 aromatic heterocycles. The number of carbonyl (C=O) groups is 1. The van der Waals surface area contributed by atoms with Gasteiger partial charge >= 0.3 is 0 Å². The van der Waals surface area contributed by atoms with E-state index >= 15 is 0 Å². The second-order valence-electron chi connectivity index (χ2n) is 4.08. The van der Waals surface area contributed by atoms with E-state index in [4.69, 9.17) is 5.26 Å². The topological polar surface area (TPSA) is 61.9 Å². The first-order valence-electron chi connectivity index (χ1n) is 5.74. The summed E-state index contributed by atoms with van der Waals surface area (Å²) in [5.41, 5.74) is 0.944. The molecule has 1 heterocycles. The predicted molar refractivity (Wildman–Crippen MR) is 67.6 cm³/mol. The summed E-state index contributed by atoms with van der Waals surface area (Å²) in [4.78, 5) is 13.5. The Morgan fingerprint density at radius 2 is 2.28 bits per heavy atom. The fourth-order valence-corrected chi connectivity index (χ4v) is 1.74. The monoisotopic (exact) mass is 242 g/mol. The number of fused-ring (bicyclic) bond motifs is 1. The van der Waals surface area contributed by atoms with Gasteiger partial charge in [0.15, 0.2) is 0 Å². The lowest BCUT2D eigenvalue weighted by Gasteiger charge is -2.15. The Balaban J connectivity index is 2.10. The number of likely N-dealkylation sites (N-methyl/N-ethyl adjacent to an activating group) is 1. The third-order valence-corrected chi connectivity index (χ3v) is 2.82. The minimum Gasteiger partial charge on any atom is -0.343 e. The third-order valence-electron chi connectivity index (χ3n) is 2.82. The number of rotatable bonds is 4. The summed E-state index contributed by atoms with van der Waals surface area (Å²) in [6.07, 6.45) is 2.10. The number of hydrogen-bond donors (Lipinski definition) is 0. The molecular formula is C13H14N4O. The van der Waals surface area contributed by atoms with E-state index < -0.39 is 0 Å². The summed E-state index contributed by atoms with van der Waals surface area (Å²) < 4.78 is 1.68. The zero-order valence-electron chi connectivity index (χ0n) is 10.2. The van der Waals surface area contributed by atoms with Gasteiger partial charge in [0, 0.05) is 19.0 Å². The lowest BCUT2D eigenvalue weighted by atomic mass is 10.2. The number of amides is 1. The van der Waals surface area contributed by atoms with Crippen LogP contribution in [0.25, 0.3) is 10.9 Å². The molecule has 0 bridgehead atoms. The maximum absolute atomic E-state index is 11.9. The number of nitriles is 1. The van der Waals surface area contributed by atoms with Crippen molar-refractivity contribution in [2.75, 3.05) is 13.6 Å². The maximum Gasteiger partial charge on any atom is 0.244 e. The van der Waals surface area contributed by atoms with Crippen molar-refractivity contribution in [2.24, 2.45) is 0 Å². The molecule has 0 unspecified atom stereocenters. The standard InChI is InChI=1S/C13H14N4O/c1-16(8-4-7-14)13(18)10-17-12-6-3-2-5-11(12)9-15-17/h2-3,5-6,9H,4,8,10H2,1H3. The number of carbonyl (C=O) groups excluding carboxylic acids is 1. The second kappa shape index (κ2) is 5.32. The van der Waals surface area contributed by atoms with Gasteiger partial charge in [0.05, 0.1) is 24.2 Å². The highest BCUT2D eigenvalue weighted by Gasteiger charge is 2.11. The first kappa shape index (κ1) is 12.1. The lowest BCUT2D eigenvalue weighted by molar-refractivity contribution is -0.130. The third kappa shape index (κ3) is 2.48. The second-order valence-corrected chi connectivity index (χ2v) is 4.08. The van der Waals surface area contributed by atoms with Crippen molar-refractivity contribution >= 4 is 16.8 Å². The van der Waals surface area contributed by atoms with Gasteiger partial charge in [-0.25, -0.2) is 0 Å². The summed E-state index contributed by atoms with van der Waals surface area (Å²) in [5.74, 6) is -0.0425. The molecule has 2 aromatic rings. The summed E-state index contributed by atoms with van der Waals surface area (Å²) in [6, 6.07) is 9.78. The molecule has 18 heavy (non-hydrogen) atoms. The Hall–Kier alpha value is -2.35. The van der Waals surface area contributed by atoms with Crippen LogP contribution >= 0.6 is 0 Å². The number of nitrogens with zero attached hydrogens (tertiary/aromatic N) is 4. The molecule has 0 aliphatic carbocycles. The van der Waals surface area contributed by atoms with Crippen LogP contribution in [0.2, 0.25) is 0 Å². The average Bonchev–Trinajstić information content (AvgIpc) is 2.79. The predicted octanol–water partition coefficient (Wildman–Crippen LogP) is 1.41. The Labute approximate surface area is 105 Å². The molecule has 92 valence electrons. The largest absolute Gasteiger partial charge is 0.343 e. The van der Waals surface area contributed by atoms with Crippen molar-refractivity contribution < 1.29 is 4.79 Å². The SMILES string of the molecule is CN(CCC#N)C(=O)Cn1ncc2ccccc21. The minimum atomic E-state index is -0.0425. The van der Waals surface area contributed by atoms with Crippen LogP contribution in [0, 0.1) is 11.3 Å². The van der Waals surface area contributed by atoms with E-state index in [1.54, 1.807) is 22.8 Å². The minimum absolute atomic E-state index is 0.0425. The van der Waals surface area contributed by atoms with Crippen molar-refractivity contribution in [1.82, 2.24) is 14.7 Å². The molecule has 0 fully saturated rings. The van der Waals surface area contributed by atoms with Crippen LogP contribution in [0.15, 0.2) is 30.5 Å². The highest BCUT2D eigenvalue weighted by atomic mass is 16.2. The van der Waals surface area contributed by atoms with Gasteiger partial charge in [0.25, 0.3) is 0 Å². The normalized spacial score (nSPS) is 10.2. The molecule has 1 aromatic carbocycles. The zero-order valence-corrected chi connectivity index (χ0v) is 10.2. The molecule has 0 N–H and O–H groups in total. The molecule has 0 atom stereocenters. The Kier molecular flexibility index (Phi) is 3.58. The molecule has 1 amide bonds. The number of para-hydroxylation sites is 1. The molecule has 0 radical (unpaired) electrons. The number of aromatic nitrogens is 2. The van der Waals surface area contributed by atoms with Crippen LogP contribution in [0.1, 0.15) is 6.42 Å².